The first kappa shape index (κ1) is 12.4. The van der Waals surface area contributed by atoms with Gasteiger partial charge in [0.15, 0.2) is 0 Å². The van der Waals surface area contributed by atoms with Crippen molar-refractivity contribution in [1.29, 1.82) is 0 Å². The van der Waals surface area contributed by atoms with E-state index in [4.69, 9.17) is 0 Å². The zero-order valence-electron chi connectivity index (χ0n) is 10.9. The lowest BCUT2D eigenvalue weighted by atomic mass is 10.1. The monoisotopic (exact) mass is 277 g/mol. The van der Waals surface area contributed by atoms with Crippen LogP contribution in [0.4, 0.5) is 0 Å². The Morgan fingerprint density at radius 1 is 1.39 bits per heavy atom. The number of rotatable bonds is 5. The minimum absolute atomic E-state index is 0.577. The molecule has 0 spiro atoms. The lowest BCUT2D eigenvalue weighted by Gasteiger charge is -2.16. The zero-order chi connectivity index (χ0) is 12.5. The SMILES string of the molecule is Cc1cc(CNC(c2cccs2)C2CC2)sc1C. The van der Waals surface area contributed by atoms with Crippen molar-refractivity contribution in [3.8, 4) is 0 Å². The highest BCUT2D eigenvalue weighted by molar-refractivity contribution is 7.12. The molecule has 2 heterocycles. The molecule has 1 aliphatic rings. The Balaban J connectivity index is 1.67. The van der Waals surface area contributed by atoms with Crippen molar-refractivity contribution in [2.75, 3.05) is 0 Å². The second kappa shape index (κ2) is 5.16. The molecular formula is C15H19NS2. The Labute approximate surface area is 117 Å². The van der Waals surface area contributed by atoms with Crippen LogP contribution in [0.15, 0.2) is 23.6 Å². The zero-order valence-corrected chi connectivity index (χ0v) is 12.5. The van der Waals surface area contributed by atoms with Crippen LogP contribution in [0.25, 0.3) is 0 Å². The minimum atomic E-state index is 0.577. The summed E-state index contributed by atoms with van der Waals surface area (Å²) in [4.78, 5) is 4.42. The molecule has 0 radical (unpaired) electrons. The third kappa shape index (κ3) is 2.68. The van der Waals surface area contributed by atoms with Crippen LogP contribution in [-0.4, -0.2) is 0 Å². The van der Waals surface area contributed by atoms with Crippen LogP contribution in [-0.2, 0) is 6.54 Å². The molecule has 3 rings (SSSR count). The molecule has 18 heavy (non-hydrogen) atoms. The first-order chi connectivity index (χ1) is 8.74. The summed E-state index contributed by atoms with van der Waals surface area (Å²) in [6.45, 7) is 5.42. The average molecular weight is 277 g/mol. The van der Waals surface area contributed by atoms with Gasteiger partial charge in [0, 0.05) is 27.2 Å². The van der Waals surface area contributed by atoms with Crippen molar-refractivity contribution in [3.63, 3.8) is 0 Å². The second-order valence-corrected chi connectivity index (χ2v) is 7.48. The van der Waals surface area contributed by atoms with Gasteiger partial charge in [0.25, 0.3) is 0 Å². The summed E-state index contributed by atoms with van der Waals surface area (Å²) in [5, 5.41) is 5.95. The smallest absolute Gasteiger partial charge is 0.0446 e. The molecule has 1 N–H and O–H groups in total. The van der Waals surface area contributed by atoms with Gasteiger partial charge in [-0.25, -0.2) is 0 Å². The van der Waals surface area contributed by atoms with Gasteiger partial charge in [0.1, 0.15) is 0 Å². The van der Waals surface area contributed by atoms with E-state index in [1.165, 1.54) is 33.0 Å². The summed E-state index contributed by atoms with van der Waals surface area (Å²) >= 11 is 3.81. The van der Waals surface area contributed by atoms with E-state index in [1.807, 2.05) is 22.7 Å². The van der Waals surface area contributed by atoms with Gasteiger partial charge >= 0.3 is 0 Å². The van der Waals surface area contributed by atoms with Crippen molar-refractivity contribution >= 4 is 22.7 Å². The van der Waals surface area contributed by atoms with Crippen LogP contribution < -0.4 is 5.32 Å². The van der Waals surface area contributed by atoms with Crippen LogP contribution >= 0.6 is 22.7 Å². The van der Waals surface area contributed by atoms with Crippen LogP contribution in [0.5, 0.6) is 0 Å². The van der Waals surface area contributed by atoms with Crippen LogP contribution in [0.1, 0.15) is 39.1 Å². The third-order valence-corrected chi connectivity index (χ3v) is 5.76. The molecule has 3 heteroatoms. The van der Waals surface area contributed by atoms with Gasteiger partial charge in [-0.05, 0) is 55.7 Å². The molecule has 0 aliphatic heterocycles. The third-order valence-electron chi connectivity index (χ3n) is 3.66. The summed E-state index contributed by atoms with van der Waals surface area (Å²) in [5.41, 5.74) is 1.43. The molecule has 0 aromatic carbocycles. The van der Waals surface area contributed by atoms with Gasteiger partial charge < -0.3 is 5.32 Å². The second-order valence-electron chi connectivity index (χ2n) is 5.16. The topological polar surface area (TPSA) is 12.0 Å². The summed E-state index contributed by atoms with van der Waals surface area (Å²) in [5.74, 6) is 0.866. The lowest BCUT2D eigenvalue weighted by molar-refractivity contribution is 0.490. The largest absolute Gasteiger partial charge is 0.304 e. The van der Waals surface area contributed by atoms with Crippen molar-refractivity contribution in [2.24, 2.45) is 5.92 Å². The van der Waals surface area contributed by atoms with Crippen LogP contribution in [0.2, 0.25) is 0 Å². The van der Waals surface area contributed by atoms with Crippen LogP contribution in [0.3, 0.4) is 0 Å². The van der Waals surface area contributed by atoms with Crippen molar-refractivity contribution < 1.29 is 0 Å². The van der Waals surface area contributed by atoms with Gasteiger partial charge in [-0.15, -0.1) is 22.7 Å². The number of hydrogen-bond acceptors (Lipinski definition) is 3. The first-order valence-electron chi connectivity index (χ1n) is 6.57. The molecule has 0 bridgehead atoms. The Hall–Kier alpha value is -0.640. The average Bonchev–Trinajstić information content (AvgIpc) is 2.93. The van der Waals surface area contributed by atoms with Gasteiger partial charge in [-0.1, -0.05) is 6.07 Å². The summed E-state index contributed by atoms with van der Waals surface area (Å²) in [7, 11) is 0. The Morgan fingerprint density at radius 2 is 2.22 bits per heavy atom. The van der Waals surface area contributed by atoms with E-state index in [2.05, 4.69) is 42.7 Å². The quantitative estimate of drug-likeness (QED) is 0.837. The molecule has 1 unspecified atom stereocenters. The van der Waals surface area contributed by atoms with E-state index < -0.39 is 0 Å². The molecule has 2 aromatic heterocycles. The van der Waals surface area contributed by atoms with Gasteiger partial charge in [-0.2, -0.15) is 0 Å². The number of thiophene rings is 2. The molecule has 0 amide bonds. The fraction of sp³-hybridized carbons (Fsp3) is 0.467. The highest BCUT2D eigenvalue weighted by Gasteiger charge is 2.32. The predicted molar refractivity (Wildman–Crippen MR) is 80.4 cm³/mol. The van der Waals surface area contributed by atoms with E-state index in [9.17, 15) is 0 Å². The predicted octanol–water partition coefficient (Wildman–Crippen LogP) is 4.67. The minimum Gasteiger partial charge on any atom is -0.304 e. The van der Waals surface area contributed by atoms with E-state index in [0.29, 0.717) is 6.04 Å². The Kier molecular flexibility index (Phi) is 3.55. The van der Waals surface area contributed by atoms with E-state index >= 15 is 0 Å². The van der Waals surface area contributed by atoms with Gasteiger partial charge in [0.05, 0.1) is 0 Å². The molecule has 96 valence electrons. The molecule has 0 saturated heterocycles. The fourth-order valence-corrected chi connectivity index (χ4v) is 4.24. The summed E-state index contributed by atoms with van der Waals surface area (Å²) in [6.07, 6.45) is 2.77. The highest BCUT2D eigenvalue weighted by atomic mass is 32.1. The van der Waals surface area contributed by atoms with E-state index in [-0.39, 0.29) is 0 Å². The maximum absolute atomic E-state index is 3.76. The van der Waals surface area contributed by atoms with Crippen molar-refractivity contribution in [3.05, 3.63) is 43.8 Å². The number of hydrogen-bond donors (Lipinski definition) is 1. The van der Waals surface area contributed by atoms with E-state index in [0.717, 1.165) is 12.5 Å². The van der Waals surface area contributed by atoms with Gasteiger partial charge in [0.2, 0.25) is 0 Å². The maximum Gasteiger partial charge on any atom is 0.0446 e. The molecular weight excluding hydrogens is 258 g/mol. The summed E-state index contributed by atoms with van der Waals surface area (Å²) in [6, 6.07) is 7.33. The molecule has 1 nitrogen and oxygen atoms in total. The number of aryl methyl sites for hydroxylation is 2. The highest BCUT2D eigenvalue weighted by Crippen LogP contribution is 2.42. The normalized spacial score (nSPS) is 17.0. The molecule has 1 saturated carbocycles. The molecule has 2 aromatic rings. The summed E-state index contributed by atoms with van der Waals surface area (Å²) < 4.78 is 0. The van der Waals surface area contributed by atoms with Crippen molar-refractivity contribution in [2.45, 2.75) is 39.3 Å². The standard InChI is InChI=1S/C15H19NS2/c1-10-8-13(18-11(10)2)9-16-15(12-5-6-12)14-4-3-7-17-14/h3-4,7-8,12,15-16H,5-6,9H2,1-2H3. The fourth-order valence-electron chi connectivity index (χ4n) is 2.34. The van der Waals surface area contributed by atoms with Crippen molar-refractivity contribution in [1.82, 2.24) is 5.32 Å². The maximum atomic E-state index is 3.76. The molecule has 1 atom stereocenters. The Bertz CT molecular complexity index is 489. The lowest BCUT2D eigenvalue weighted by Crippen LogP contribution is -2.21. The Morgan fingerprint density at radius 3 is 2.78 bits per heavy atom. The molecule has 1 fully saturated rings. The first-order valence-corrected chi connectivity index (χ1v) is 8.26. The van der Waals surface area contributed by atoms with Crippen LogP contribution in [0, 0.1) is 19.8 Å². The number of nitrogens with one attached hydrogen (secondary N) is 1. The van der Waals surface area contributed by atoms with E-state index in [1.54, 1.807) is 0 Å². The molecule has 1 aliphatic carbocycles. The van der Waals surface area contributed by atoms with Gasteiger partial charge in [-0.3, -0.25) is 0 Å².